The van der Waals surface area contributed by atoms with E-state index in [-0.39, 0.29) is 19.6 Å². The number of hydrogen-bond donors (Lipinski definition) is 2. The van der Waals surface area contributed by atoms with Crippen LogP contribution < -0.4 is 5.32 Å². The van der Waals surface area contributed by atoms with E-state index >= 15 is 0 Å². The molecule has 0 bridgehead atoms. The van der Waals surface area contributed by atoms with Crippen molar-refractivity contribution in [3.8, 4) is 0 Å². The number of benzene rings is 1. The van der Waals surface area contributed by atoms with Crippen molar-refractivity contribution >= 4 is 41.2 Å². The number of carbonyl (C=O) groups is 3. The highest BCUT2D eigenvalue weighted by molar-refractivity contribution is 6.11. The Bertz CT molecular complexity index is 882. The minimum absolute atomic E-state index is 0.0198. The lowest BCUT2D eigenvalue weighted by Gasteiger charge is -2.27. The average Bonchev–Trinajstić information content (AvgIpc) is 3.00. The summed E-state index contributed by atoms with van der Waals surface area (Å²) in [6.45, 7) is 3.56. The first-order chi connectivity index (χ1) is 12.6. The Hall–Kier alpha value is -3.16. The molecule has 1 aromatic heterocycles. The molecule has 0 atom stereocenters. The standard InChI is InChI=1S/C18H19N3O5/c1-3-25-16(23)18(17(24)26-4-2)8-11-14(9-20-18)21-13-7-5-6-12(15(11)13)19-10-22/h5-7,9-10,21H,3-4,8H2,1-2H3,(H,19,22). The monoisotopic (exact) mass is 357 g/mol. The minimum atomic E-state index is -1.79. The first-order valence-corrected chi connectivity index (χ1v) is 8.30. The zero-order valence-corrected chi connectivity index (χ0v) is 14.5. The fourth-order valence-corrected chi connectivity index (χ4v) is 3.12. The van der Waals surface area contributed by atoms with Crippen molar-refractivity contribution in [1.82, 2.24) is 4.98 Å². The van der Waals surface area contributed by atoms with Crippen molar-refractivity contribution in [2.45, 2.75) is 25.8 Å². The van der Waals surface area contributed by atoms with Gasteiger partial charge in [-0.05, 0) is 31.5 Å². The van der Waals surface area contributed by atoms with Crippen LogP contribution in [0.15, 0.2) is 23.2 Å². The first-order valence-electron chi connectivity index (χ1n) is 8.30. The number of nitrogens with zero attached hydrogens (tertiary/aromatic N) is 1. The van der Waals surface area contributed by atoms with Gasteiger partial charge in [0.2, 0.25) is 6.41 Å². The molecule has 3 rings (SSSR count). The highest BCUT2D eigenvalue weighted by Crippen LogP contribution is 2.36. The molecule has 1 aromatic carbocycles. The molecule has 0 fully saturated rings. The van der Waals surface area contributed by atoms with Crippen LogP contribution in [0.2, 0.25) is 0 Å². The lowest BCUT2D eigenvalue weighted by molar-refractivity contribution is -0.163. The lowest BCUT2D eigenvalue weighted by Crippen LogP contribution is -2.50. The predicted molar refractivity (Wildman–Crippen MR) is 95.3 cm³/mol. The number of carbonyl (C=O) groups excluding carboxylic acids is 3. The summed E-state index contributed by atoms with van der Waals surface area (Å²) in [5, 5.41) is 3.37. The van der Waals surface area contributed by atoms with E-state index in [1.165, 1.54) is 6.21 Å². The molecule has 8 heteroatoms. The lowest BCUT2D eigenvalue weighted by atomic mass is 9.87. The maximum atomic E-state index is 12.6. The van der Waals surface area contributed by atoms with E-state index in [4.69, 9.17) is 9.47 Å². The van der Waals surface area contributed by atoms with Gasteiger partial charge in [0.1, 0.15) is 0 Å². The third kappa shape index (κ3) is 2.73. The van der Waals surface area contributed by atoms with Crippen LogP contribution in [-0.4, -0.2) is 48.3 Å². The van der Waals surface area contributed by atoms with Crippen LogP contribution in [-0.2, 0) is 30.3 Å². The summed E-state index contributed by atoms with van der Waals surface area (Å²) < 4.78 is 10.2. The van der Waals surface area contributed by atoms with Crippen LogP contribution in [0.3, 0.4) is 0 Å². The van der Waals surface area contributed by atoms with Crippen LogP contribution in [0.25, 0.3) is 10.9 Å². The normalized spacial score (nSPS) is 14.5. The molecule has 1 amide bonds. The van der Waals surface area contributed by atoms with Crippen LogP contribution in [0, 0.1) is 0 Å². The van der Waals surface area contributed by atoms with Gasteiger partial charge >= 0.3 is 11.9 Å². The molecule has 0 saturated heterocycles. The molecule has 1 aliphatic rings. The van der Waals surface area contributed by atoms with Crippen LogP contribution in [0.1, 0.15) is 25.1 Å². The number of aromatic nitrogens is 1. The van der Waals surface area contributed by atoms with E-state index in [1.807, 2.05) is 6.07 Å². The maximum Gasteiger partial charge on any atom is 0.346 e. The number of fused-ring (bicyclic) bond motifs is 3. The van der Waals surface area contributed by atoms with Crippen LogP contribution >= 0.6 is 0 Å². The second-order valence-corrected chi connectivity index (χ2v) is 5.74. The number of rotatable bonds is 6. The fraction of sp³-hybridized carbons (Fsp3) is 0.333. The third-order valence-electron chi connectivity index (χ3n) is 4.25. The Labute approximate surface area is 149 Å². The van der Waals surface area contributed by atoms with E-state index in [9.17, 15) is 14.4 Å². The Morgan fingerprint density at radius 3 is 2.58 bits per heavy atom. The highest BCUT2D eigenvalue weighted by Gasteiger charge is 2.51. The summed E-state index contributed by atoms with van der Waals surface area (Å²) in [4.78, 5) is 43.5. The van der Waals surface area contributed by atoms with E-state index in [1.54, 1.807) is 26.0 Å². The largest absolute Gasteiger partial charge is 0.464 e. The first kappa shape index (κ1) is 17.7. The molecule has 2 N–H and O–H groups in total. The summed E-state index contributed by atoms with van der Waals surface area (Å²) in [6.07, 6.45) is 2.00. The second kappa shape index (κ2) is 6.99. The molecular formula is C18H19N3O5. The summed E-state index contributed by atoms with van der Waals surface area (Å²) in [7, 11) is 0. The molecule has 136 valence electrons. The molecule has 0 radical (unpaired) electrons. The van der Waals surface area contributed by atoms with Gasteiger partial charge in [-0.1, -0.05) is 6.07 Å². The van der Waals surface area contributed by atoms with Gasteiger partial charge in [0, 0.05) is 23.5 Å². The number of ether oxygens (including phenoxy) is 2. The number of aliphatic imine (C=N–C) groups is 1. The molecule has 0 spiro atoms. The number of hydrogen-bond acceptors (Lipinski definition) is 6. The van der Waals surface area contributed by atoms with Crippen molar-refractivity contribution in [2.24, 2.45) is 4.99 Å². The molecule has 8 nitrogen and oxygen atoms in total. The fourth-order valence-electron chi connectivity index (χ4n) is 3.12. The van der Waals surface area contributed by atoms with Crippen molar-refractivity contribution in [3.05, 3.63) is 29.5 Å². The van der Waals surface area contributed by atoms with Gasteiger partial charge in [0.15, 0.2) is 0 Å². The second-order valence-electron chi connectivity index (χ2n) is 5.74. The number of amides is 1. The Kier molecular flexibility index (Phi) is 4.75. The quantitative estimate of drug-likeness (QED) is 0.463. The Balaban J connectivity index is 2.15. The van der Waals surface area contributed by atoms with Crippen LogP contribution in [0.5, 0.6) is 0 Å². The highest BCUT2D eigenvalue weighted by atomic mass is 16.6. The smallest absolute Gasteiger partial charge is 0.346 e. The number of esters is 2. The van der Waals surface area contributed by atoms with Crippen LogP contribution in [0.4, 0.5) is 5.69 Å². The van der Waals surface area contributed by atoms with E-state index in [2.05, 4.69) is 15.3 Å². The summed E-state index contributed by atoms with van der Waals surface area (Å²) in [5.74, 6) is -1.51. The number of aromatic amines is 1. The van der Waals surface area contributed by atoms with Crippen molar-refractivity contribution in [1.29, 1.82) is 0 Å². The zero-order chi connectivity index (χ0) is 18.7. The van der Waals surface area contributed by atoms with Gasteiger partial charge in [-0.15, -0.1) is 0 Å². The van der Waals surface area contributed by atoms with Crippen molar-refractivity contribution < 1.29 is 23.9 Å². The van der Waals surface area contributed by atoms with Gasteiger partial charge in [0.25, 0.3) is 5.54 Å². The minimum Gasteiger partial charge on any atom is -0.464 e. The number of anilines is 1. The van der Waals surface area contributed by atoms with Crippen molar-refractivity contribution in [3.63, 3.8) is 0 Å². The van der Waals surface area contributed by atoms with E-state index in [0.717, 1.165) is 10.9 Å². The van der Waals surface area contributed by atoms with Gasteiger partial charge < -0.3 is 19.8 Å². The molecule has 0 aliphatic carbocycles. The molecule has 0 unspecified atom stereocenters. The van der Waals surface area contributed by atoms with E-state index < -0.39 is 17.5 Å². The summed E-state index contributed by atoms with van der Waals surface area (Å²) >= 11 is 0. The van der Waals surface area contributed by atoms with Gasteiger partial charge in [-0.25, -0.2) is 9.59 Å². The SMILES string of the molecule is CCOC(=O)C1(C(=O)OCC)Cc2c([nH]c3cccc(NC=O)c23)C=N1. The van der Waals surface area contributed by atoms with E-state index in [0.29, 0.717) is 23.4 Å². The summed E-state index contributed by atoms with van der Waals surface area (Å²) in [6, 6.07) is 5.37. The molecule has 2 heterocycles. The molecule has 26 heavy (non-hydrogen) atoms. The Morgan fingerprint density at radius 1 is 1.27 bits per heavy atom. The topological polar surface area (TPSA) is 110 Å². The molecule has 2 aromatic rings. The molecule has 0 saturated carbocycles. The Morgan fingerprint density at radius 2 is 1.96 bits per heavy atom. The van der Waals surface area contributed by atoms with Gasteiger partial charge in [-0.3, -0.25) is 9.79 Å². The van der Waals surface area contributed by atoms with Crippen molar-refractivity contribution in [2.75, 3.05) is 18.5 Å². The van der Waals surface area contributed by atoms with Gasteiger partial charge in [-0.2, -0.15) is 0 Å². The number of H-pyrrole nitrogens is 1. The third-order valence-corrected chi connectivity index (χ3v) is 4.25. The predicted octanol–water partition coefficient (Wildman–Crippen LogP) is 1.58. The maximum absolute atomic E-state index is 12.6. The molecular weight excluding hydrogens is 338 g/mol. The van der Waals surface area contributed by atoms with Gasteiger partial charge in [0.05, 0.1) is 24.6 Å². The summed E-state index contributed by atoms with van der Waals surface area (Å²) in [5.41, 5.74) is 0.914. The zero-order valence-electron chi connectivity index (χ0n) is 14.5. The number of nitrogens with one attached hydrogen (secondary N) is 2. The average molecular weight is 357 g/mol. The molecule has 1 aliphatic heterocycles.